The van der Waals surface area contributed by atoms with E-state index in [9.17, 15) is 14.0 Å². The largest absolute Gasteiger partial charge is 0.310 e. The van der Waals surface area contributed by atoms with E-state index in [4.69, 9.17) is 0 Å². The van der Waals surface area contributed by atoms with Crippen LogP contribution in [-0.4, -0.2) is 36.4 Å². The van der Waals surface area contributed by atoms with Crippen molar-refractivity contribution in [3.63, 3.8) is 0 Å². The Morgan fingerprint density at radius 2 is 1.94 bits per heavy atom. The number of Topliss-reactive ketones (excluding diaryl/α,β-unsaturated/α-hetero) is 1. The summed E-state index contributed by atoms with van der Waals surface area (Å²) in [4.78, 5) is 39.6. The summed E-state index contributed by atoms with van der Waals surface area (Å²) >= 11 is 0. The smallest absolute Gasteiger partial charge is 0.235 e. The van der Waals surface area contributed by atoms with Crippen molar-refractivity contribution in [1.29, 1.82) is 0 Å². The van der Waals surface area contributed by atoms with Crippen LogP contribution in [0.4, 0.5) is 10.2 Å². The number of carbonyl (C=O) groups excluding carboxylic acids is 2. The lowest BCUT2D eigenvalue weighted by molar-refractivity contribution is -0.119. The molecule has 0 spiro atoms. The average molecular weight is 473 g/mol. The molecule has 0 bridgehead atoms. The van der Waals surface area contributed by atoms with Crippen molar-refractivity contribution in [2.45, 2.75) is 52.0 Å². The number of halogens is 1. The second-order valence-corrected chi connectivity index (χ2v) is 9.20. The van der Waals surface area contributed by atoms with Crippen molar-refractivity contribution in [3.05, 3.63) is 65.2 Å². The zero-order valence-corrected chi connectivity index (χ0v) is 19.8. The van der Waals surface area contributed by atoms with Gasteiger partial charge < -0.3 is 5.32 Å². The maximum absolute atomic E-state index is 14.3. The van der Waals surface area contributed by atoms with E-state index in [2.05, 4.69) is 25.4 Å². The molecular weight excluding hydrogens is 447 g/mol. The van der Waals surface area contributed by atoms with Crippen LogP contribution in [-0.2, 0) is 16.8 Å². The maximum Gasteiger partial charge on any atom is 0.235 e. The van der Waals surface area contributed by atoms with Crippen molar-refractivity contribution < 1.29 is 14.0 Å². The second kappa shape index (κ2) is 8.65. The summed E-state index contributed by atoms with van der Waals surface area (Å²) < 4.78 is 15.9. The number of aromatic nitrogens is 5. The first-order chi connectivity index (χ1) is 16.8. The fraction of sp³-hybridized carbons (Fsp3) is 0.308. The molecule has 0 fully saturated rings. The van der Waals surface area contributed by atoms with Gasteiger partial charge in [0.2, 0.25) is 5.91 Å². The first-order valence-electron chi connectivity index (χ1n) is 11.6. The van der Waals surface area contributed by atoms with Crippen LogP contribution in [0.5, 0.6) is 0 Å². The van der Waals surface area contributed by atoms with Gasteiger partial charge in [-0.15, -0.1) is 0 Å². The standard InChI is InChI=1S/C26H25FN6O2/c1-4-5-12-18(34)21-19-22(31-25(35)26(19,2)3)30-23(29-21)20-16-10-8-13-28-24(16)33(32-20)14-15-9-6-7-11-17(15)27/h6-11,13H,4-5,12,14H2,1-3H3,(H,29,30,31,35). The Bertz CT molecular complexity index is 1480. The Hall–Kier alpha value is -4.01. The maximum atomic E-state index is 14.3. The van der Waals surface area contributed by atoms with E-state index in [0.717, 1.165) is 12.8 Å². The zero-order valence-electron chi connectivity index (χ0n) is 19.8. The molecule has 0 saturated heterocycles. The normalized spacial score (nSPS) is 14.2. The molecule has 4 aromatic rings. The molecule has 1 N–H and O–H groups in total. The molecule has 4 heterocycles. The van der Waals surface area contributed by atoms with Crippen molar-refractivity contribution in [1.82, 2.24) is 24.7 Å². The van der Waals surface area contributed by atoms with Gasteiger partial charge in [-0.05, 0) is 38.5 Å². The molecule has 5 rings (SSSR count). The number of nitrogens with zero attached hydrogens (tertiary/aromatic N) is 5. The van der Waals surface area contributed by atoms with Gasteiger partial charge in [0, 0.05) is 23.7 Å². The molecule has 0 radical (unpaired) electrons. The van der Waals surface area contributed by atoms with Crippen LogP contribution in [0, 0.1) is 5.82 Å². The molecule has 35 heavy (non-hydrogen) atoms. The topological polar surface area (TPSA) is 103 Å². The molecule has 1 aliphatic rings. The van der Waals surface area contributed by atoms with Crippen LogP contribution in [0.25, 0.3) is 22.6 Å². The minimum absolute atomic E-state index is 0.135. The summed E-state index contributed by atoms with van der Waals surface area (Å²) in [5.74, 6) is -0.168. The van der Waals surface area contributed by atoms with E-state index in [-0.39, 0.29) is 35.6 Å². The molecule has 8 nitrogen and oxygen atoms in total. The molecule has 1 aliphatic heterocycles. The van der Waals surface area contributed by atoms with E-state index in [1.165, 1.54) is 6.07 Å². The number of fused-ring (bicyclic) bond motifs is 2. The van der Waals surface area contributed by atoms with Gasteiger partial charge in [-0.3, -0.25) is 9.59 Å². The van der Waals surface area contributed by atoms with E-state index in [0.29, 0.717) is 40.1 Å². The molecular formula is C26H25FN6O2. The highest BCUT2D eigenvalue weighted by Gasteiger charge is 2.44. The predicted octanol–water partition coefficient (Wildman–Crippen LogP) is 4.68. The molecule has 0 atom stereocenters. The lowest BCUT2D eigenvalue weighted by Crippen LogP contribution is -2.28. The third-order valence-electron chi connectivity index (χ3n) is 6.35. The molecule has 178 valence electrons. The highest BCUT2D eigenvalue weighted by atomic mass is 19.1. The number of rotatable bonds is 7. The molecule has 0 aliphatic carbocycles. The molecule has 1 aromatic carbocycles. The molecule has 0 unspecified atom stereocenters. The van der Waals surface area contributed by atoms with Crippen LogP contribution in [0.1, 0.15) is 61.6 Å². The highest BCUT2D eigenvalue weighted by Crippen LogP contribution is 2.40. The number of nitrogens with one attached hydrogen (secondary N) is 1. The van der Waals surface area contributed by atoms with Gasteiger partial charge in [-0.25, -0.2) is 24.0 Å². The van der Waals surface area contributed by atoms with E-state index in [1.54, 1.807) is 49.0 Å². The molecule has 0 saturated carbocycles. The van der Waals surface area contributed by atoms with Gasteiger partial charge in [0.1, 0.15) is 23.0 Å². The zero-order chi connectivity index (χ0) is 24.7. The number of unbranched alkanes of at least 4 members (excludes halogenated alkanes) is 1. The molecule has 3 aromatic heterocycles. The van der Waals surface area contributed by atoms with Gasteiger partial charge in [0.05, 0.1) is 17.3 Å². The lowest BCUT2D eigenvalue weighted by Gasteiger charge is -2.17. The fourth-order valence-electron chi connectivity index (χ4n) is 4.36. The Balaban J connectivity index is 1.68. The van der Waals surface area contributed by atoms with E-state index in [1.807, 2.05) is 13.0 Å². The Labute approximate surface area is 201 Å². The van der Waals surface area contributed by atoms with Gasteiger partial charge in [-0.2, -0.15) is 5.10 Å². The SMILES string of the molecule is CCCCC(=O)c1nc(-c2nn(Cc3ccccc3F)c3ncccc23)nc2c1C(C)(C)C(=O)N2. The van der Waals surface area contributed by atoms with Crippen molar-refractivity contribution in [2.24, 2.45) is 0 Å². The van der Waals surface area contributed by atoms with Gasteiger partial charge >= 0.3 is 0 Å². The number of anilines is 1. The quantitative estimate of drug-likeness (QED) is 0.392. The monoisotopic (exact) mass is 472 g/mol. The summed E-state index contributed by atoms with van der Waals surface area (Å²) in [6.07, 6.45) is 3.55. The highest BCUT2D eigenvalue weighted by molar-refractivity contribution is 6.09. The minimum Gasteiger partial charge on any atom is -0.310 e. The van der Waals surface area contributed by atoms with E-state index < -0.39 is 5.41 Å². The number of ketones is 1. The van der Waals surface area contributed by atoms with Crippen LogP contribution in [0.3, 0.4) is 0 Å². The van der Waals surface area contributed by atoms with Crippen LogP contribution in [0.2, 0.25) is 0 Å². The average Bonchev–Trinajstić information content (AvgIpc) is 3.32. The summed E-state index contributed by atoms with van der Waals surface area (Å²) in [7, 11) is 0. The van der Waals surface area contributed by atoms with Gasteiger partial charge in [-0.1, -0.05) is 31.5 Å². The van der Waals surface area contributed by atoms with Crippen molar-refractivity contribution in [2.75, 3.05) is 5.32 Å². The van der Waals surface area contributed by atoms with Gasteiger partial charge in [0.25, 0.3) is 0 Å². The van der Waals surface area contributed by atoms with Crippen molar-refractivity contribution >= 4 is 28.5 Å². The fourth-order valence-corrected chi connectivity index (χ4v) is 4.36. The number of amides is 1. The molecule has 1 amide bonds. The number of carbonyl (C=O) groups is 2. The molecule has 9 heteroatoms. The van der Waals surface area contributed by atoms with Crippen LogP contribution in [0.15, 0.2) is 42.6 Å². The Morgan fingerprint density at radius 3 is 2.71 bits per heavy atom. The van der Waals surface area contributed by atoms with Gasteiger partial charge in [0.15, 0.2) is 17.3 Å². The van der Waals surface area contributed by atoms with Crippen molar-refractivity contribution in [3.8, 4) is 11.5 Å². The lowest BCUT2D eigenvalue weighted by atomic mass is 9.84. The number of pyridine rings is 1. The predicted molar refractivity (Wildman–Crippen MR) is 130 cm³/mol. The summed E-state index contributed by atoms with van der Waals surface area (Å²) in [6, 6.07) is 10.1. The number of hydrogen-bond acceptors (Lipinski definition) is 6. The minimum atomic E-state index is -0.932. The van der Waals surface area contributed by atoms with Crippen LogP contribution < -0.4 is 5.32 Å². The third-order valence-corrected chi connectivity index (χ3v) is 6.35. The number of hydrogen-bond donors (Lipinski definition) is 1. The first-order valence-corrected chi connectivity index (χ1v) is 11.6. The first kappa shape index (κ1) is 22.8. The summed E-state index contributed by atoms with van der Waals surface area (Å²) in [5.41, 5.74) is 1.24. The second-order valence-electron chi connectivity index (χ2n) is 9.20. The Morgan fingerprint density at radius 1 is 1.14 bits per heavy atom. The number of benzene rings is 1. The summed E-state index contributed by atoms with van der Waals surface area (Å²) in [6.45, 7) is 5.70. The van der Waals surface area contributed by atoms with E-state index >= 15 is 0 Å². The summed E-state index contributed by atoms with van der Waals surface area (Å²) in [5, 5.41) is 8.15. The third kappa shape index (κ3) is 3.86. The van der Waals surface area contributed by atoms with Crippen LogP contribution >= 0.6 is 0 Å². The Kier molecular flexibility index (Phi) is 5.62.